The maximum atomic E-state index is 13.0. The van der Waals surface area contributed by atoms with E-state index in [4.69, 9.17) is 11.6 Å². The minimum Gasteiger partial charge on any atom is -0.346 e. The molecule has 2 aromatic rings. The van der Waals surface area contributed by atoms with Crippen molar-refractivity contribution < 1.29 is 18.0 Å². The smallest absolute Gasteiger partial charge is 0.346 e. The van der Waals surface area contributed by atoms with Crippen molar-refractivity contribution in [2.75, 3.05) is 5.32 Å². The van der Waals surface area contributed by atoms with Crippen molar-refractivity contribution in [3.63, 3.8) is 0 Å². The van der Waals surface area contributed by atoms with Crippen LogP contribution in [0.25, 0.3) is 0 Å². The maximum absolute atomic E-state index is 13.0. The van der Waals surface area contributed by atoms with Crippen molar-refractivity contribution in [1.82, 2.24) is 15.3 Å². The minimum atomic E-state index is -4.58. The number of amides is 1. The standard InChI is InChI=1S/C17H18ClF3N4O/c1-9-22-13(15(26)25-16(2,3)4)8-14(23-9)24-10-5-6-12(18)11(7-10)17(19,20)21/h5-8H,1-4H3,(H,25,26)(H,22,23,24). The van der Waals surface area contributed by atoms with E-state index in [1.807, 2.05) is 20.8 Å². The second-order valence-corrected chi connectivity index (χ2v) is 7.11. The number of nitrogens with zero attached hydrogens (tertiary/aromatic N) is 2. The van der Waals surface area contributed by atoms with Crippen molar-refractivity contribution in [3.8, 4) is 0 Å². The number of nitrogens with one attached hydrogen (secondary N) is 2. The lowest BCUT2D eigenvalue weighted by Gasteiger charge is -2.20. The Labute approximate surface area is 154 Å². The predicted molar refractivity (Wildman–Crippen MR) is 93.7 cm³/mol. The van der Waals surface area contributed by atoms with E-state index in [9.17, 15) is 18.0 Å². The van der Waals surface area contributed by atoms with Gasteiger partial charge in [0.25, 0.3) is 5.91 Å². The molecule has 2 rings (SSSR count). The van der Waals surface area contributed by atoms with Crippen LogP contribution in [0.1, 0.15) is 42.6 Å². The molecule has 9 heteroatoms. The quantitative estimate of drug-likeness (QED) is 0.800. The van der Waals surface area contributed by atoms with Crippen LogP contribution in [0, 0.1) is 6.92 Å². The number of alkyl halides is 3. The molecule has 0 fully saturated rings. The van der Waals surface area contributed by atoms with Crippen LogP contribution in [0.15, 0.2) is 24.3 Å². The molecule has 0 atom stereocenters. The third-order valence-corrected chi connectivity index (χ3v) is 3.43. The first kappa shape index (κ1) is 20.0. The van der Waals surface area contributed by atoms with Crippen LogP contribution >= 0.6 is 11.6 Å². The first-order valence-electron chi connectivity index (χ1n) is 7.67. The number of halogens is 4. The van der Waals surface area contributed by atoms with Crippen molar-refractivity contribution in [2.45, 2.75) is 39.4 Å². The first-order valence-corrected chi connectivity index (χ1v) is 8.05. The summed E-state index contributed by atoms with van der Waals surface area (Å²) in [6.07, 6.45) is -4.58. The molecule has 1 heterocycles. The summed E-state index contributed by atoms with van der Waals surface area (Å²) in [5, 5.41) is 5.12. The van der Waals surface area contributed by atoms with Crippen LogP contribution < -0.4 is 10.6 Å². The molecule has 0 bridgehead atoms. The number of carbonyl (C=O) groups excluding carboxylic acids is 1. The number of hydrogen-bond acceptors (Lipinski definition) is 4. The molecule has 0 aliphatic carbocycles. The Morgan fingerprint density at radius 3 is 2.35 bits per heavy atom. The van der Waals surface area contributed by atoms with Gasteiger partial charge >= 0.3 is 6.18 Å². The van der Waals surface area contributed by atoms with Gasteiger partial charge in [-0.3, -0.25) is 4.79 Å². The van der Waals surface area contributed by atoms with E-state index in [-0.39, 0.29) is 17.2 Å². The Balaban J connectivity index is 2.32. The van der Waals surface area contributed by atoms with E-state index in [0.717, 1.165) is 12.1 Å². The topological polar surface area (TPSA) is 66.9 Å². The summed E-state index contributed by atoms with van der Waals surface area (Å²) in [6.45, 7) is 7.06. The van der Waals surface area contributed by atoms with Gasteiger partial charge in [-0.15, -0.1) is 0 Å². The number of aryl methyl sites for hydroxylation is 1. The summed E-state index contributed by atoms with van der Waals surface area (Å²) >= 11 is 5.61. The zero-order valence-electron chi connectivity index (χ0n) is 14.6. The maximum Gasteiger partial charge on any atom is 0.417 e. The van der Waals surface area contributed by atoms with Crippen LogP contribution in [-0.2, 0) is 6.18 Å². The zero-order chi connectivity index (χ0) is 19.7. The summed E-state index contributed by atoms with van der Waals surface area (Å²) in [6, 6.07) is 4.79. The summed E-state index contributed by atoms with van der Waals surface area (Å²) in [4.78, 5) is 20.4. The van der Waals surface area contributed by atoms with Crippen molar-refractivity contribution >= 4 is 29.0 Å². The fourth-order valence-corrected chi connectivity index (χ4v) is 2.35. The van der Waals surface area contributed by atoms with E-state index >= 15 is 0 Å². The van der Waals surface area contributed by atoms with Gasteiger partial charge in [0.1, 0.15) is 17.3 Å². The minimum absolute atomic E-state index is 0.111. The first-order chi connectivity index (χ1) is 11.8. The molecule has 1 aromatic carbocycles. The van der Waals surface area contributed by atoms with Gasteiger partial charge in [-0.1, -0.05) is 11.6 Å². The molecule has 0 unspecified atom stereocenters. The van der Waals surface area contributed by atoms with E-state index in [1.54, 1.807) is 6.92 Å². The number of rotatable bonds is 3. The largest absolute Gasteiger partial charge is 0.417 e. The molecule has 0 aliphatic rings. The Bertz CT molecular complexity index is 832. The molecule has 2 N–H and O–H groups in total. The van der Waals surface area contributed by atoms with Crippen molar-refractivity contribution in [3.05, 3.63) is 46.4 Å². The third-order valence-electron chi connectivity index (χ3n) is 3.10. The van der Waals surface area contributed by atoms with E-state index < -0.39 is 28.2 Å². The molecule has 140 valence electrons. The van der Waals surface area contributed by atoms with Gasteiger partial charge in [0, 0.05) is 17.3 Å². The number of anilines is 2. The van der Waals surface area contributed by atoms with Crippen LogP contribution in [0.5, 0.6) is 0 Å². The van der Waals surface area contributed by atoms with Crippen LogP contribution in [0.4, 0.5) is 24.7 Å². The van der Waals surface area contributed by atoms with Gasteiger partial charge in [0.05, 0.1) is 10.6 Å². The SMILES string of the molecule is Cc1nc(Nc2ccc(Cl)c(C(F)(F)F)c2)cc(C(=O)NC(C)(C)C)n1. The average molecular weight is 387 g/mol. The fourth-order valence-electron chi connectivity index (χ4n) is 2.12. The molecule has 0 aliphatic heterocycles. The highest BCUT2D eigenvalue weighted by atomic mass is 35.5. The van der Waals surface area contributed by atoms with Gasteiger partial charge in [0.2, 0.25) is 0 Å². The highest BCUT2D eigenvalue weighted by Gasteiger charge is 2.33. The Kier molecular flexibility index (Phi) is 5.46. The monoisotopic (exact) mass is 386 g/mol. The average Bonchev–Trinajstić information content (AvgIpc) is 2.45. The lowest BCUT2D eigenvalue weighted by atomic mass is 10.1. The predicted octanol–water partition coefficient (Wildman–Crippen LogP) is 4.73. The third kappa shape index (κ3) is 5.32. The number of hydrogen-bond donors (Lipinski definition) is 2. The lowest BCUT2D eigenvalue weighted by Crippen LogP contribution is -2.41. The molecule has 26 heavy (non-hydrogen) atoms. The zero-order valence-corrected chi connectivity index (χ0v) is 15.4. The molecule has 1 amide bonds. The highest BCUT2D eigenvalue weighted by Crippen LogP contribution is 2.36. The summed E-state index contributed by atoms with van der Waals surface area (Å²) < 4.78 is 38.9. The van der Waals surface area contributed by atoms with Crippen LogP contribution in [-0.4, -0.2) is 21.4 Å². The molecule has 1 aromatic heterocycles. The van der Waals surface area contributed by atoms with Gasteiger partial charge < -0.3 is 10.6 Å². The summed E-state index contributed by atoms with van der Waals surface area (Å²) in [7, 11) is 0. The number of carbonyl (C=O) groups is 1. The summed E-state index contributed by atoms with van der Waals surface area (Å²) in [5.74, 6) is 0.101. The fraction of sp³-hybridized carbons (Fsp3) is 0.353. The van der Waals surface area contributed by atoms with Gasteiger partial charge in [-0.2, -0.15) is 13.2 Å². The van der Waals surface area contributed by atoms with E-state index in [2.05, 4.69) is 20.6 Å². The van der Waals surface area contributed by atoms with Crippen LogP contribution in [0.3, 0.4) is 0 Å². The van der Waals surface area contributed by atoms with Gasteiger partial charge in [-0.05, 0) is 45.9 Å². The normalized spacial score (nSPS) is 12.0. The Hall–Kier alpha value is -2.35. The number of benzene rings is 1. The van der Waals surface area contributed by atoms with Gasteiger partial charge in [0.15, 0.2) is 0 Å². The second-order valence-electron chi connectivity index (χ2n) is 6.71. The molecule has 0 saturated carbocycles. The Morgan fingerprint density at radius 1 is 1.12 bits per heavy atom. The highest BCUT2D eigenvalue weighted by molar-refractivity contribution is 6.31. The van der Waals surface area contributed by atoms with E-state index in [1.165, 1.54) is 12.1 Å². The second kappa shape index (κ2) is 7.11. The molecular formula is C17H18ClF3N4O. The molecule has 5 nitrogen and oxygen atoms in total. The number of aromatic nitrogens is 2. The van der Waals surface area contributed by atoms with Crippen LogP contribution in [0.2, 0.25) is 5.02 Å². The molecule has 0 radical (unpaired) electrons. The molecule has 0 spiro atoms. The lowest BCUT2D eigenvalue weighted by molar-refractivity contribution is -0.137. The molecular weight excluding hydrogens is 369 g/mol. The Morgan fingerprint density at radius 2 is 1.77 bits per heavy atom. The van der Waals surface area contributed by atoms with E-state index in [0.29, 0.717) is 5.82 Å². The van der Waals surface area contributed by atoms with Crippen molar-refractivity contribution in [1.29, 1.82) is 0 Å². The summed E-state index contributed by atoms with van der Waals surface area (Å²) in [5.41, 5.74) is -1.16. The van der Waals surface area contributed by atoms with Crippen molar-refractivity contribution in [2.24, 2.45) is 0 Å². The molecule has 0 saturated heterocycles. The van der Waals surface area contributed by atoms with Gasteiger partial charge in [-0.25, -0.2) is 9.97 Å².